The van der Waals surface area contributed by atoms with E-state index in [2.05, 4.69) is 19.2 Å². The first-order valence-corrected chi connectivity index (χ1v) is 8.65. The first kappa shape index (κ1) is 15.9. The van der Waals surface area contributed by atoms with Crippen LogP contribution in [0.4, 0.5) is 0 Å². The number of hydrogen-bond donors (Lipinski definition) is 1. The largest absolute Gasteiger partial charge is 0.371 e. The van der Waals surface area contributed by atoms with Crippen LogP contribution in [-0.2, 0) is 23.3 Å². The Kier molecular flexibility index (Phi) is 5.58. The van der Waals surface area contributed by atoms with Crippen molar-refractivity contribution in [3.63, 3.8) is 0 Å². The zero-order chi connectivity index (χ0) is 14.6. The van der Waals surface area contributed by atoms with Crippen LogP contribution >= 0.6 is 11.3 Å². The number of thiazole rings is 1. The molecule has 0 radical (unpaired) electrons. The summed E-state index contributed by atoms with van der Waals surface area (Å²) >= 11 is 1.86. The van der Waals surface area contributed by atoms with Crippen molar-refractivity contribution in [2.24, 2.45) is 5.92 Å². The summed E-state index contributed by atoms with van der Waals surface area (Å²) in [4.78, 5) is 6.35. The Balaban J connectivity index is 2.27. The molecule has 1 heterocycles. The Morgan fingerprint density at radius 3 is 2.65 bits per heavy atom. The molecule has 1 aliphatic carbocycles. The van der Waals surface area contributed by atoms with E-state index in [9.17, 15) is 0 Å². The van der Waals surface area contributed by atoms with Crippen molar-refractivity contribution >= 4 is 11.3 Å². The van der Waals surface area contributed by atoms with Crippen molar-refractivity contribution in [1.82, 2.24) is 10.3 Å². The molecule has 1 aromatic rings. The third-order valence-electron chi connectivity index (χ3n) is 4.46. The molecular weight excluding hydrogens is 268 g/mol. The van der Waals surface area contributed by atoms with Crippen LogP contribution in [0.1, 0.15) is 61.5 Å². The van der Waals surface area contributed by atoms with E-state index in [0.717, 1.165) is 38.1 Å². The maximum atomic E-state index is 5.97. The molecule has 1 aromatic heterocycles. The van der Waals surface area contributed by atoms with Gasteiger partial charge in [0.15, 0.2) is 0 Å². The highest BCUT2D eigenvalue weighted by Gasteiger charge is 2.39. The number of methoxy groups -OCH3 is 1. The number of aryl methyl sites for hydroxylation is 1. The van der Waals surface area contributed by atoms with E-state index in [1.807, 2.05) is 25.5 Å². The van der Waals surface area contributed by atoms with Gasteiger partial charge in [0.1, 0.15) is 10.6 Å². The molecule has 1 fully saturated rings. The van der Waals surface area contributed by atoms with Gasteiger partial charge >= 0.3 is 0 Å². The molecule has 0 bridgehead atoms. The van der Waals surface area contributed by atoms with Gasteiger partial charge in [0.2, 0.25) is 0 Å². The maximum absolute atomic E-state index is 5.97. The van der Waals surface area contributed by atoms with Crippen LogP contribution in [0.5, 0.6) is 0 Å². The fraction of sp³-hybridized carbons (Fsp3) is 0.812. The summed E-state index contributed by atoms with van der Waals surface area (Å²) < 4.78 is 5.97. The van der Waals surface area contributed by atoms with E-state index in [1.165, 1.54) is 28.4 Å². The van der Waals surface area contributed by atoms with E-state index < -0.39 is 0 Å². The van der Waals surface area contributed by atoms with Gasteiger partial charge in [0, 0.05) is 18.5 Å². The lowest BCUT2D eigenvalue weighted by Crippen LogP contribution is -2.33. The monoisotopic (exact) mass is 296 g/mol. The SMILES string of the molecule is CCCc1nc(C2(OC)CCC(C)CC2)sc1CNC. The average molecular weight is 296 g/mol. The van der Waals surface area contributed by atoms with E-state index in [-0.39, 0.29) is 5.60 Å². The molecular formula is C16H28N2OS. The van der Waals surface area contributed by atoms with Gasteiger partial charge in [-0.25, -0.2) is 4.98 Å². The summed E-state index contributed by atoms with van der Waals surface area (Å²) in [5.41, 5.74) is 1.16. The van der Waals surface area contributed by atoms with Gasteiger partial charge in [-0.2, -0.15) is 0 Å². The van der Waals surface area contributed by atoms with E-state index in [1.54, 1.807) is 0 Å². The smallest absolute Gasteiger partial charge is 0.125 e. The number of nitrogens with zero attached hydrogens (tertiary/aromatic N) is 1. The van der Waals surface area contributed by atoms with E-state index in [4.69, 9.17) is 9.72 Å². The van der Waals surface area contributed by atoms with Crippen molar-refractivity contribution in [2.45, 2.75) is 64.5 Å². The number of nitrogens with one attached hydrogen (secondary N) is 1. The molecule has 1 aliphatic rings. The molecule has 0 saturated heterocycles. The van der Waals surface area contributed by atoms with Crippen LogP contribution in [-0.4, -0.2) is 19.1 Å². The molecule has 0 spiro atoms. The Bertz CT molecular complexity index is 399. The Morgan fingerprint density at radius 2 is 2.10 bits per heavy atom. The third kappa shape index (κ3) is 3.23. The van der Waals surface area contributed by atoms with Crippen LogP contribution in [0.15, 0.2) is 0 Å². The van der Waals surface area contributed by atoms with Gasteiger partial charge in [-0.15, -0.1) is 11.3 Å². The summed E-state index contributed by atoms with van der Waals surface area (Å²) in [6.45, 7) is 5.48. The molecule has 0 unspecified atom stereocenters. The molecule has 3 nitrogen and oxygen atoms in total. The molecule has 2 rings (SSSR count). The van der Waals surface area contributed by atoms with Crippen LogP contribution in [0.3, 0.4) is 0 Å². The molecule has 4 heteroatoms. The predicted molar refractivity (Wildman–Crippen MR) is 85.2 cm³/mol. The van der Waals surface area contributed by atoms with Gasteiger partial charge < -0.3 is 10.1 Å². The van der Waals surface area contributed by atoms with Gasteiger partial charge in [-0.05, 0) is 45.1 Å². The van der Waals surface area contributed by atoms with Crippen molar-refractivity contribution in [1.29, 1.82) is 0 Å². The fourth-order valence-corrected chi connectivity index (χ4v) is 4.39. The van der Waals surface area contributed by atoms with Gasteiger partial charge in [-0.3, -0.25) is 0 Å². The number of hydrogen-bond acceptors (Lipinski definition) is 4. The predicted octanol–water partition coefficient (Wildman–Crippen LogP) is 3.87. The van der Waals surface area contributed by atoms with E-state index in [0.29, 0.717) is 0 Å². The van der Waals surface area contributed by atoms with Crippen molar-refractivity contribution in [3.8, 4) is 0 Å². The lowest BCUT2D eigenvalue weighted by molar-refractivity contribution is -0.0531. The van der Waals surface area contributed by atoms with Crippen LogP contribution in [0, 0.1) is 5.92 Å². The molecule has 0 atom stereocenters. The van der Waals surface area contributed by atoms with Crippen LogP contribution in [0.25, 0.3) is 0 Å². The summed E-state index contributed by atoms with van der Waals surface area (Å²) in [5.74, 6) is 0.824. The highest BCUT2D eigenvalue weighted by Crippen LogP contribution is 2.44. The Morgan fingerprint density at radius 1 is 1.40 bits per heavy atom. The van der Waals surface area contributed by atoms with E-state index >= 15 is 0 Å². The van der Waals surface area contributed by atoms with Crippen molar-refractivity contribution < 1.29 is 4.74 Å². The summed E-state index contributed by atoms with van der Waals surface area (Å²) in [7, 11) is 3.86. The first-order valence-electron chi connectivity index (χ1n) is 7.84. The maximum Gasteiger partial charge on any atom is 0.125 e. The molecule has 0 aliphatic heterocycles. The zero-order valence-electron chi connectivity index (χ0n) is 13.3. The van der Waals surface area contributed by atoms with Crippen molar-refractivity contribution in [3.05, 3.63) is 15.6 Å². The van der Waals surface area contributed by atoms with Crippen LogP contribution < -0.4 is 5.32 Å². The third-order valence-corrected chi connectivity index (χ3v) is 5.75. The highest BCUT2D eigenvalue weighted by molar-refractivity contribution is 7.11. The molecule has 114 valence electrons. The topological polar surface area (TPSA) is 34.1 Å². The zero-order valence-corrected chi connectivity index (χ0v) is 14.1. The minimum Gasteiger partial charge on any atom is -0.371 e. The molecule has 0 aromatic carbocycles. The van der Waals surface area contributed by atoms with Gasteiger partial charge in [-0.1, -0.05) is 20.3 Å². The Labute approximate surface area is 127 Å². The standard InChI is InChI=1S/C16H28N2OS/c1-5-6-13-14(11-17-3)20-15(18-13)16(19-4)9-7-12(2)8-10-16/h12,17H,5-11H2,1-4H3. The minimum atomic E-state index is -0.119. The average Bonchev–Trinajstić information content (AvgIpc) is 2.85. The van der Waals surface area contributed by atoms with Gasteiger partial charge in [0.05, 0.1) is 5.69 Å². The minimum absolute atomic E-state index is 0.119. The summed E-state index contributed by atoms with van der Waals surface area (Å²) in [6, 6.07) is 0. The lowest BCUT2D eigenvalue weighted by atomic mass is 9.80. The molecule has 1 N–H and O–H groups in total. The molecule has 20 heavy (non-hydrogen) atoms. The fourth-order valence-electron chi connectivity index (χ4n) is 3.04. The summed E-state index contributed by atoms with van der Waals surface area (Å²) in [6.07, 6.45) is 6.95. The second-order valence-electron chi connectivity index (χ2n) is 6.05. The normalized spacial score (nSPS) is 26.9. The quantitative estimate of drug-likeness (QED) is 0.865. The second kappa shape index (κ2) is 7.01. The first-order chi connectivity index (χ1) is 9.65. The number of rotatable bonds is 6. The second-order valence-corrected chi connectivity index (χ2v) is 7.13. The lowest BCUT2D eigenvalue weighted by Gasteiger charge is -2.36. The summed E-state index contributed by atoms with van der Waals surface area (Å²) in [5, 5.41) is 4.48. The molecule has 1 saturated carbocycles. The van der Waals surface area contributed by atoms with Gasteiger partial charge in [0.25, 0.3) is 0 Å². The van der Waals surface area contributed by atoms with Crippen LogP contribution in [0.2, 0.25) is 0 Å². The number of ether oxygens (including phenoxy) is 1. The Hall–Kier alpha value is -0.450. The number of aromatic nitrogens is 1. The highest BCUT2D eigenvalue weighted by atomic mass is 32.1. The molecule has 0 amide bonds. The van der Waals surface area contributed by atoms with Crippen molar-refractivity contribution in [2.75, 3.05) is 14.2 Å².